The number of carbonyl (C=O) groups excluding carboxylic acids is 1. The van der Waals surface area contributed by atoms with Crippen LogP contribution in [0, 0.1) is 5.41 Å². The van der Waals surface area contributed by atoms with E-state index in [1.54, 1.807) is 0 Å². The number of allylic oxidation sites excluding steroid dienone is 4. The summed E-state index contributed by atoms with van der Waals surface area (Å²) in [7, 11) is 1.95. The van der Waals surface area contributed by atoms with Crippen LogP contribution in [0.15, 0.2) is 121 Å². The Morgan fingerprint density at radius 3 is 2.07 bits per heavy atom. The summed E-state index contributed by atoms with van der Waals surface area (Å²) >= 11 is 4.46. The summed E-state index contributed by atoms with van der Waals surface area (Å²) in [5.41, 5.74) is 27.6. The Balaban J connectivity index is 0.00000102. The van der Waals surface area contributed by atoms with E-state index in [0.717, 1.165) is 101 Å². The monoisotopic (exact) mass is 1110 g/mol. The van der Waals surface area contributed by atoms with E-state index in [1.165, 1.54) is 28.7 Å². The van der Waals surface area contributed by atoms with Crippen molar-refractivity contribution in [3.8, 4) is 22.4 Å². The second-order valence-electron chi connectivity index (χ2n) is 17.3. The van der Waals surface area contributed by atoms with Crippen molar-refractivity contribution in [2.45, 2.75) is 147 Å². The first-order valence-electron chi connectivity index (χ1n) is 24.5. The Morgan fingerprint density at radius 2 is 1.57 bits per heavy atom. The molecule has 1 saturated heterocycles. The van der Waals surface area contributed by atoms with Crippen molar-refractivity contribution in [3.05, 3.63) is 160 Å². The van der Waals surface area contributed by atoms with Gasteiger partial charge >= 0.3 is 0 Å². The molecule has 2 atom stereocenters. The second kappa shape index (κ2) is 34.1. The molecule has 2 aliphatic rings. The predicted molar refractivity (Wildman–Crippen MR) is 298 cm³/mol. The van der Waals surface area contributed by atoms with Crippen LogP contribution in [0.4, 0.5) is 0 Å². The third kappa shape index (κ3) is 19.2. The summed E-state index contributed by atoms with van der Waals surface area (Å²) in [5.74, 6) is 0.251. The van der Waals surface area contributed by atoms with Gasteiger partial charge in [-0.1, -0.05) is 179 Å². The fourth-order valence-electron chi connectivity index (χ4n) is 7.39. The third-order valence-electron chi connectivity index (χ3n) is 11.0. The topological polar surface area (TPSA) is 115 Å². The van der Waals surface area contributed by atoms with Crippen molar-refractivity contribution in [1.82, 2.24) is 15.2 Å². The Morgan fingerprint density at radius 1 is 0.971 bits per heavy atom. The number of nitrogens with one attached hydrogen (secondary N) is 2. The Kier molecular flexibility index (Phi) is 31.9. The average molecular weight is 1110 g/mol. The van der Waals surface area contributed by atoms with Crippen LogP contribution in [0.3, 0.4) is 0 Å². The number of nitrogens with zero attached hydrogens (tertiary/aromatic N) is 2. The molecule has 2 heterocycles. The van der Waals surface area contributed by atoms with Gasteiger partial charge in [-0.3, -0.25) is 0 Å². The quantitative estimate of drug-likeness (QED) is 0.0830. The molecule has 4 aromatic rings. The zero-order valence-corrected chi connectivity index (χ0v) is 47.8. The molecule has 9 heteroatoms. The van der Waals surface area contributed by atoms with Gasteiger partial charge in [-0.15, -0.1) is 19.2 Å². The molecular formula is C59H86N5O2SW-. The van der Waals surface area contributed by atoms with Crippen molar-refractivity contribution in [2.24, 2.45) is 11.1 Å². The molecule has 0 saturated carbocycles. The molecule has 3 aromatic carbocycles. The number of aliphatic hydroxyl groups is 1. The van der Waals surface area contributed by atoms with Crippen LogP contribution < -0.4 is 11.1 Å². The zero-order chi connectivity index (χ0) is 50.7. The van der Waals surface area contributed by atoms with Crippen LogP contribution in [0.5, 0.6) is 0 Å². The summed E-state index contributed by atoms with van der Waals surface area (Å²) in [4.78, 5) is 18.9. The number of hydrogen-bond acceptors (Lipinski definition) is 7. The molecule has 0 spiro atoms. The van der Waals surface area contributed by atoms with Gasteiger partial charge in [0, 0.05) is 61.9 Å². The number of pyridine rings is 1. The maximum absolute atomic E-state index is 10.9. The van der Waals surface area contributed by atoms with Crippen LogP contribution in [0.2, 0.25) is 0 Å². The normalized spacial score (nSPS) is 13.9. The van der Waals surface area contributed by atoms with Crippen molar-refractivity contribution < 1.29 is 31.0 Å². The number of aromatic nitrogens is 1. The maximum Gasteiger partial charge on any atom is 0.142 e. The van der Waals surface area contributed by atoms with Crippen molar-refractivity contribution in [1.29, 1.82) is 0 Å². The number of aldehydes is 1. The molecule has 1 fully saturated rings. The number of aliphatic hydroxyl groups excluding tert-OH is 1. The summed E-state index contributed by atoms with van der Waals surface area (Å²) in [5, 5.41) is 13.7. The molecule has 5 N–H and O–H groups in total. The van der Waals surface area contributed by atoms with Gasteiger partial charge in [0.1, 0.15) is 12.0 Å². The van der Waals surface area contributed by atoms with Crippen LogP contribution in [0.25, 0.3) is 44.7 Å². The van der Waals surface area contributed by atoms with Gasteiger partial charge in [0.2, 0.25) is 0 Å². The molecule has 1 aliphatic heterocycles. The Labute approximate surface area is 433 Å². The minimum atomic E-state index is -0.0851. The van der Waals surface area contributed by atoms with E-state index in [2.05, 4.69) is 140 Å². The molecular weight excluding hydrogens is 1030 g/mol. The Bertz CT molecular complexity index is 2200. The number of carbonyl (C=O) groups is 1. The number of aryl methyl sites for hydroxylation is 1. The first-order chi connectivity index (χ1) is 32.1. The average Bonchev–Trinajstić information content (AvgIpc) is 3.84. The molecule has 68 heavy (non-hydrogen) atoms. The van der Waals surface area contributed by atoms with Gasteiger partial charge in [-0.2, -0.15) is 0 Å². The van der Waals surface area contributed by atoms with Gasteiger partial charge in [-0.05, 0) is 110 Å². The smallest absolute Gasteiger partial charge is 0.142 e. The number of benzene rings is 3. The standard InChI is InChI=1S/C28H27N2O.C12H22N2O.C12H17NS.C3H8.2C2H6.W/c1-3-19-14-15-22(16-20(19)4-2)24-17-26(21-10-6-5-7-11-21)30-28(25(24)18-29)23-12-8-9-13-27(23)31;1-9(11(13)12(2,3)4)14-7-5-6-10(14)8-15;1-9(2)12(14)11-6-4-10(5-7-11)8-13-3;1-3-2;2*1-2;/h3,5-7,10-17,29,31H,1,4,8-9,18H2,2H3;8,10-11H,1,5-7,13H2,2-4H3;4-7,13-14H,8H2,1-3H3;3H2,1-2H3;2*1-2H3;/q-1;;;;;;. The molecule has 7 nitrogen and oxygen atoms in total. The van der Waals surface area contributed by atoms with E-state index in [9.17, 15) is 9.90 Å². The predicted octanol–water partition coefficient (Wildman–Crippen LogP) is 15.9. The van der Waals surface area contributed by atoms with Gasteiger partial charge in [0.05, 0.1) is 17.4 Å². The van der Waals surface area contributed by atoms with E-state index >= 15 is 0 Å². The third-order valence-corrected chi connectivity index (χ3v) is 11.7. The van der Waals surface area contributed by atoms with E-state index in [4.69, 9.17) is 16.5 Å². The van der Waals surface area contributed by atoms with Crippen LogP contribution in [0.1, 0.15) is 149 Å². The van der Waals surface area contributed by atoms with Crippen LogP contribution >= 0.6 is 12.6 Å². The van der Waals surface area contributed by atoms with Crippen molar-refractivity contribution in [2.75, 3.05) is 13.6 Å². The van der Waals surface area contributed by atoms with Gasteiger partial charge < -0.3 is 31.6 Å². The Hall–Kier alpha value is -4.30. The summed E-state index contributed by atoms with van der Waals surface area (Å²) < 4.78 is 0. The first kappa shape index (κ1) is 63.7. The van der Waals surface area contributed by atoms with Gasteiger partial charge in [0.25, 0.3) is 0 Å². The fourth-order valence-corrected chi connectivity index (χ4v) is 7.54. The van der Waals surface area contributed by atoms with E-state index in [-0.39, 0.29) is 50.9 Å². The molecule has 1 aromatic heterocycles. The summed E-state index contributed by atoms with van der Waals surface area (Å²) in [6.45, 7) is 34.7. The first-order valence-corrected chi connectivity index (χ1v) is 24.9. The summed E-state index contributed by atoms with van der Waals surface area (Å²) in [6.07, 6.45) is 12.6. The molecule has 2 unspecified atom stereocenters. The minimum Gasteiger partial charge on any atom is -0.674 e. The van der Waals surface area contributed by atoms with E-state index < -0.39 is 0 Å². The largest absolute Gasteiger partial charge is 0.674 e. The van der Waals surface area contributed by atoms with E-state index in [1.807, 2.05) is 83.3 Å². The van der Waals surface area contributed by atoms with Crippen LogP contribution in [-0.4, -0.2) is 47.0 Å². The zero-order valence-electron chi connectivity index (χ0n) is 43.9. The molecule has 0 amide bonds. The number of thiol groups is 1. The minimum absolute atomic E-state index is 0. The number of hydrogen-bond donors (Lipinski definition) is 4. The van der Waals surface area contributed by atoms with Gasteiger partial charge in [-0.25, -0.2) is 4.98 Å². The molecule has 372 valence electrons. The van der Waals surface area contributed by atoms with Gasteiger partial charge in [0.15, 0.2) is 0 Å². The molecule has 0 bridgehead atoms. The van der Waals surface area contributed by atoms with E-state index in [0.29, 0.717) is 5.69 Å². The second-order valence-corrected chi connectivity index (χ2v) is 17.8. The summed E-state index contributed by atoms with van der Waals surface area (Å²) in [6, 6.07) is 26.9. The fraction of sp³-hybridized carbons (Fsp3) is 0.424. The van der Waals surface area contributed by atoms with Crippen molar-refractivity contribution in [3.63, 3.8) is 0 Å². The number of nitrogens with two attached hydrogens (primary N) is 1. The number of likely N-dealkylation sites (tertiary alicyclic amines) is 1. The van der Waals surface area contributed by atoms with Crippen LogP contribution in [-0.2, 0) is 45.4 Å². The maximum atomic E-state index is 10.9. The van der Waals surface area contributed by atoms with Crippen molar-refractivity contribution >= 4 is 35.5 Å². The number of rotatable bonds is 12. The molecule has 6 rings (SSSR count). The molecule has 0 radical (unpaired) electrons. The molecule has 1 aliphatic carbocycles. The SMILES string of the molecule is C=C(C(N)C(C)(C)C)N1CCCC1C=O.C=Cc1ccc(-c2cc(-c3ccccc3)nc(C3=CCCC=C3O)c2C[NH-])cc1CC.CC.CC.CCC.CNCc1ccc(C(S)=C(C)C)cc1.[W].